The fourth-order valence-electron chi connectivity index (χ4n) is 2.82. The van der Waals surface area contributed by atoms with Crippen LogP contribution >= 0.6 is 0 Å². The van der Waals surface area contributed by atoms with Gasteiger partial charge in [-0.2, -0.15) is 13.2 Å². The highest BCUT2D eigenvalue weighted by Gasteiger charge is 2.68. The standard InChI is InChI=1S/C19H16F3N3O4/c1-29-14-9-7-13(8-10-14)15(26)23-18(19(20,21)22)16(27)25(17(28)24-18)11-12-5-3-2-4-6-12/h2-10H,11H2,1H3,(H,23,26)(H,24,28)/t18-/m1/s1. The molecule has 0 bridgehead atoms. The summed E-state index contributed by atoms with van der Waals surface area (Å²) in [7, 11) is 1.39. The van der Waals surface area contributed by atoms with Gasteiger partial charge in [0.15, 0.2) is 0 Å². The molecular formula is C19H16F3N3O4. The molecule has 7 nitrogen and oxygen atoms in total. The van der Waals surface area contributed by atoms with Gasteiger partial charge in [0.2, 0.25) is 0 Å². The number of ether oxygens (including phenoxy) is 1. The van der Waals surface area contributed by atoms with Crippen molar-refractivity contribution in [3.63, 3.8) is 0 Å². The minimum Gasteiger partial charge on any atom is -0.497 e. The molecule has 2 aromatic rings. The molecule has 0 aromatic heterocycles. The summed E-state index contributed by atoms with van der Waals surface area (Å²) in [6, 6.07) is 12.0. The number of imide groups is 1. The number of rotatable bonds is 5. The Hall–Kier alpha value is -3.56. The number of amides is 4. The van der Waals surface area contributed by atoms with Crippen LogP contribution in [0.5, 0.6) is 5.75 Å². The summed E-state index contributed by atoms with van der Waals surface area (Å²) < 4.78 is 46.5. The Labute approximate surface area is 163 Å². The van der Waals surface area contributed by atoms with Crippen molar-refractivity contribution < 1.29 is 32.3 Å². The van der Waals surface area contributed by atoms with Crippen molar-refractivity contribution in [2.75, 3.05) is 7.11 Å². The third-order valence-corrected chi connectivity index (χ3v) is 4.37. The lowest BCUT2D eigenvalue weighted by Crippen LogP contribution is -2.69. The van der Waals surface area contributed by atoms with E-state index in [-0.39, 0.29) is 12.1 Å². The lowest BCUT2D eigenvalue weighted by atomic mass is 10.1. The Morgan fingerprint density at radius 1 is 1.10 bits per heavy atom. The van der Waals surface area contributed by atoms with Crippen LogP contribution in [0.3, 0.4) is 0 Å². The van der Waals surface area contributed by atoms with Gasteiger partial charge in [-0.05, 0) is 29.8 Å². The van der Waals surface area contributed by atoms with E-state index in [1.165, 1.54) is 31.4 Å². The van der Waals surface area contributed by atoms with Crippen LogP contribution < -0.4 is 15.4 Å². The molecule has 1 fully saturated rings. The lowest BCUT2D eigenvalue weighted by Gasteiger charge is -2.29. The van der Waals surface area contributed by atoms with Crippen molar-refractivity contribution in [2.24, 2.45) is 0 Å². The van der Waals surface area contributed by atoms with E-state index >= 15 is 0 Å². The van der Waals surface area contributed by atoms with E-state index in [0.717, 1.165) is 0 Å². The molecule has 152 valence electrons. The second-order valence-electron chi connectivity index (χ2n) is 6.24. The first kappa shape index (κ1) is 20.2. The van der Waals surface area contributed by atoms with E-state index in [1.54, 1.807) is 41.0 Å². The third kappa shape index (κ3) is 3.73. The van der Waals surface area contributed by atoms with Crippen LogP contribution in [0.1, 0.15) is 15.9 Å². The summed E-state index contributed by atoms with van der Waals surface area (Å²) >= 11 is 0. The Balaban J connectivity index is 1.89. The SMILES string of the molecule is COc1ccc(C(=O)N[C@@]2(C(F)(F)F)NC(=O)N(Cc3ccccc3)C2=O)cc1. The second kappa shape index (κ2) is 7.46. The number of halogens is 3. The zero-order valence-electron chi connectivity index (χ0n) is 15.1. The largest absolute Gasteiger partial charge is 0.497 e. The van der Waals surface area contributed by atoms with E-state index in [0.29, 0.717) is 16.2 Å². The number of alkyl halides is 3. The molecule has 1 aliphatic rings. The molecule has 1 saturated heterocycles. The van der Waals surface area contributed by atoms with Crippen LogP contribution in [0.4, 0.5) is 18.0 Å². The van der Waals surface area contributed by atoms with Crippen molar-refractivity contribution in [1.82, 2.24) is 15.5 Å². The summed E-state index contributed by atoms with van der Waals surface area (Å²) in [5.41, 5.74) is -3.25. The predicted molar refractivity (Wildman–Crippen MR) is 94.8 cm³/mol. The molecule has 29 heavy (non-hydrogen) atoms. The Morgan fingerprint density at radius 3 is 2.28 bits per heavy atom. The molecule has 2 aromatic carbocycles. The normalized spacial score (nSPS) is 19.1. The van der Waals surface area contributed by atoms with Crippen molar-refractivity contribution in [1.29, 1.82) is 0 Å². The molecule has 2 N–H and O–H groups in total. The van der Waals surface area contributed by atoms with Crippen LogP contribution in [-0.4, -0.2) is 41.7 Å². The minimum absolute atomic E-state index is 0.141. The highest BCUT2D eigenvalue weighted by atomic mass is 19.4. The first-order chi connectivity index (χ1) is 13.7. The van der Waals surface area contributed by atoms with Gasteiger partial charge < -0.3 is 10.1 Å². The van der Waals surface area contributed by atoms with Gasteiger partial charge in [0.1, 0.15) is 5.75 Å². The number of nitrogens with zero attached hydrogens (tertiary/aromatic N) is 1. The number of hydrogen-bond donors (Lipinski definition) is 2. The fourth-order valence-corrected chi connectivity index (χ4v) is 2.82. The summed E-state index contributed by atoms with van der Waals surface area (Å²) in [6.07, 6.45) is -5.27. The lowest BCUT2D eigenvalue weighted by molar-refractivity contribution is -0.200. The van der Waals surface area contributed by atoms with Gasteiger partial charge in [-0.1, -0.05) is 30.3 Å². The van der Waals surface area contributed by atoms with Gasteiger partial charge in [-0.25, -0.2) is 4.79 Å². The number of carbonyl (C=O) groups excluding carboxylic acids is 3. The average Bonchev–Trinajstić information content (AvgIpc) is 2.94. The van der Waals surface area contributed by atoms with Crippen molar-refractivity contribution in [3.05, 3.63) is 65.7 Å². The molecule has 4 amide bonds. The first-order valence-electron chi connectivity index (χ1n) is 8.39. The molecule has 10 heteroatoms. The van der Waals surface area contributed by atoms with E-state index in [9.17, 15) is 27.6 Å². The maximum Gasteiger partial charge on any atom is 0.440 e. The maximum atomic E-state index is 13.8. The zero-order valence-corrected chi connectivity index (χ0v) is 15.1. The maximum absolute atomic E-state index is 13.8. The summed E-state index contributed by atoms with van der Waals surface area (Å²) in [5.74, 6) is -2.40. The summed E-state index contributed by atoms with van der Waals surface area (Å²) in [4.78, 5) is 37.6. The fraction of sp³-hybridized carbons (Fsp3) is 0.211. The molecule has 1 aliphatic heterocycles. The minimum atomic E-state index is -5.27. The average molecular weight is 407 g/mol. The molecule has 1 heterocycles. The molecule has 1 atom stereocenters. The molecule has 3 rings (SSSR count). The van der Waals surface area contributed by atoms with Gasteiger partial charge in [-0.3, -0.25) is 19.8 Å². The predicted octanol–water partition coefficient (Wildman–Crippen LogP) is 2.44. The van der Waals surface area contributed by atoms with Gasteiger partial charge in [0.05, 0.1) is 13.7 Å². The number of methoxy groups -OCH3 is 1. The van der Waals surface area contributed by atoms with Gasteiger partial charge in [-0.15, -0.1) is 0 Å². The van der Waals surface area contributed by atoms with E-state index in [4.69, 9.17) is 4.74 Å². The van der Waals surface area contributed by atoms with Crippen LogP contribution in [0.2, 0.25) is 0 Å². The highest BCUT2D eigenvalue weighted by molar-refractivity contribution is 6.10. The molecule has 0 saturated carbocycles. The molecule has 0 unspecified atom stereocenters. The van der Waals surface area contributed by atoms with E-state index in [1.807, 2.05) is 0 Å². The molecule has 0 aliphatic carbocycles. The second-order valence-corrected chi connectivity index (χ2v) is 6.24. The number of benzene rings is 2. The Morgan fingerprint density at radius 2 is 1.72 bits per heavy atom. The van der Waals surface area contributed by atoms with Crippen molar-refractivity contribution in [2.45, 2.75) is 18.4 Å². The third-order valence-electron chi connectivity index (χ3n) is 4.37. The Bertz CT molecular complexity index is 932. The van der Waals surface area contributed by atoms with Gasteiger partial charge >= 0.3 is 12.2 Å². The molecule has 0 spiro atoms. The number of carbonyl (C=O) groups is 3. The molecule has 0 radical (unpaired) electrons. The monoisotopic (exact) mass is 407 g/mol. The smallest absolute Gasteiger partial charge is 0.440 e. The summed E-state index contributed by atoms with van der Waals surface area (Å²) in [5, 5.41) is 3.26. The highest BCUT2D eigenvalue weighted by Crippen LogP contribution is 2.34. The molecular weight excluding hydrogens is 391 g/mol. The number of hydrogen-bond acceptors (Lipinski definition) is 4. The summed E-state index contributed by atoms with van der Waals surface area (Å²) in [6.45, 7) is -0.373. The number of urea groups is 1. The van der Waals surface area contributed by atoms with Crippen LogP contribution in [-0.2, 0) is 11.3 Å². The quantitative estimate of drug-likeness (QED) is 0.746. The van der Waals surface area contributed by atoms with Crippen molar-refractivity contribution >= 4 is 17.8 Å². The van der Waals surface area contributed by atoms with E-state index < -0.39 is 29.7 Å². The topological polar surface area (TPSA) is 87.7 Å². The first-order valence-corrected chi connectivity index (χ1v) is 8.39. The van der Waals surface area contributed by atoms with Crippen LogP contribution in [0.15, 0.2) is 54.6 Å². The van der Waals surface area contributed by atoms with Gasteiger partial charge in [0.25, 0.3) is 17.5 Å². The Kier molecular flexibility index (Phi) is 5.19. The van der Waals surface area contributed by atoms with Crippen LogP contribution in [0, 0.1) is 0 Å². The zero-order chi connectivity index (χ0) is 21.2. The number of nitrogens with one attached hydrogen (secondary N) is 2. The van der Waals surface area contributed by atoms with Crippen molar-refractivity contribution in [3.8, 4) is 5.75 Å². The van der Waals surface area contributed by atoms with E-state index in [2.05, 4.69) is 0 Å². The van der Waals surface area contributed by atoms with Crippen LogP contribution in [0.25, 0.3) is 0 Å². The van der Waals surface area contributed by atoms with Gasteiger partial charge in [0, 0.05) is 5.56 Å².